The van der Waals surface area contributed by atoms with Gasteiger partial charge < -0.3 is 9.80 Å². The van der Waals surface area contributed by atoms with Gasteiger partial charge in [0.15, 0.2) is 0 Å². The van der Waals surface area contributed by atoms with Crippen LogP contribution in [0.2, 0.25) is 0 Å². The van der Waals surface area contributed by atoms with E-state index in [4.69, 9.17) is 0 Å². The molecule has 0 unspecified atom stereocenters. The van der Waals surface area contributed by atoms with E-state index in [1.54, 1.807) is 0 Å². The van der Waals surface area contributed by atoms with Crippen LogP contribution in [0.4, 0.5) is 34.1 Å². The van der Waals surface area contributed by atoms with Gasteiger partial charge in [0.1, 0.15) is 0 Å². The lowest BCUT2D eigenvalue weighted by Gasteiger charge is -2.42. The van der Waals surface area contributed by atoms with Crippen molar-refractivity contribution >= 4 is 34.1 Å². The fourth-order valence-corrected chi connectivity index (χ4v) is 6.26. The summed E-state index contributed by atoms with van der Waals surface area (Å²) in [5.41, 5.74) is 13.3. The number of hydrogen-bond acceptors (Lipinski definition) is 2. The lowest BCUT2D eigenvalue weighted by Crippen LogP contribution is -2.30. The second-order valence-corrected chi connectivity index (χ2v) is 11.6. The highest BCUT2D eigenvalue weighted by Gasteiger charge is 2.36. The van der Waals surface area contributed by atoms with Crippen molar-refractivity contribution in [2.24, 2.45) is 0 Å². The fraction of sp³-hybridized carbons (Fsp3) is 0.100. The average molecular weight is 543 g/mol. The van der Waals surface area contributed by atoms with Gasteiger partial charge in [0.2, 0.25) is 0 Å². The van der Waals surface area contributed by atoms with E-state index in [9.17, 15) is 0 Å². The van der Waals surface area contributed by atoms with Crippen molar-refractivity contribution < 1.29 is 0 Å². The topological polar surface area (TPSA) is 6.48 Å². The first-order chi connectivity index (χ1) is 20.5. The Bertz CT molecular complexity index is 1800. The summed E-state index contributed by atoms with van der Waals surface area (Å²) in [6.45, 7) is 6.84. The average Bonchev–Trinajstić information content (AvgIpc) is 3.04. The van der Waals surface area contributed by atoms with E-state index in [2.05, 4.69) is 182 Å². The molecular weight excluding hydrogens is 508 g/mol. The maximum atomic E-state index is 2.42. The van der Waals surface area contributed by atoms with Gasteiger partial charge >= 0.3 is 0 Å². The Hall–Kier alpha value is -5.08. The minimum atomic E-state index is -0.138. The van der Waals surface area contributed by atoms with Crippen LogP contribution in [0.15, 0.2) is 152 Å². The molecule has 6 aromatic carbocycles. The lowest BCUT2D eigenvalue weighted by atomic mass is 9.73. The number of para-hydroxylation sites is 3. The molecule has 2 heteroatoms. The summed E-state index contributed by atoms with van der Waals surface area (Å²) in [5.74, 6) is 0. The number of rotatable bonds is 5. The first kappa shape index (κ1) is 25.9. The summed E-state index contributed by atoms with van der Waals surface area (Å²) >= 11 is 0. The van der Waals surface area contributed by atoms with Crippen molar-refractivity contribution in [3.63, 3.8) is 0 Å². The zero-order valence-electron chi connectivity index (χ0n) is 24.3. The second-order valence-electron chi connectivity index (χ2n) is 11.6. The first-order valence-corrected chi connectivity index (χ1v) is 14.6. The SMILES string of the molecule is Cc1ccc(N2c3ccccc3C(C)(C)c3cc(-c4ccc(N(c5ccccc5)c5ccccc5)cc4)ccc32)cc1. The monoisotopic (exact) mass is 542 g/mol. The van der Waals surface area contributed by atoms with Crippen LogP contribution in [0.1, 0.15) is 30.5 Å². The van der Waals surface area contributed by atoms with Gasteiger partial charge in [-0.05, 0) is 95.9 Å². The quantitative estimate of drug-likeness (QED) is 0.214. The van der Waals surface area contributed by atoms with Crippen LogP contribution in [-0.2, 0) is 5.41 Å². The molecule has 0 atom stereocenters. The number of benzene rings is 6. The largest absolute Gasteiger partial charge is 0.311 e. The zero-order valence-corrected chi connectivity index (χ0v) is 24.3. The highest BCUT2D eigenvalue weighted by molar-refractivity contribution is 5.88. The molecule has 0 spiro atoms. The van der Waals surface area contributed by atoms with Gasteiger partial charge in [0.25, 0.3) is 0 Å². The van der Waals surface area contributed by atoms with Gasteiger partial charge in [0, 0.05) is 28.2 Å². The molecule has 0 amide bonds. The van der Waals surface area contributed by atoms with Crippen LogP contribution >= 0.6 is 0 Å². The van der Waals surface area contributed by atoms with Gasteiger partial charge in [-0.1, -0.05) is 104 Å². The van der Waals surface area contributed by atoms with Gasteiger partial charge in [-0.25, -0.2) is 0 Å². The molecule has 1 heterocycles. The molecule has 0 aliphatic carbocycles. The van der Waals surface area contributed by atoms with E-state index < -0.39 is 0 Å². The van der Waals surface area contributed by atoms with E-state index in [0.717, 1.165) is 17.1 Å². The molecule has 0 fully saturated rings. The molecule has 0 aromatic heterocycles. The van der Waals surface area contributed by atoms with E-state index in [-0.39, 0.29) is 5.41 Å². The second kappa shape index (κ2) is 10.4. The Morgan fingerprint density at radius 2 is 1.00 bits per heavy atom. The highest BCUT2D eigenvalue weighted by atomic mass is 15.2. The summed E-state index contributed by atoms with van der Waals surface area (Å²) in [4.78, 5) is 4.72. The minimum Gasteiger partial charge on any atom is -0.311 e. The molecule has 204 valence electrons. The van der Waals surface area contributed by atoms with Crippen LogP contribution in [-0.4, -0.2) is 0 Å². The Balaban J connectivity index is 1.31. The van der Waals surface area contributed by atoms with Crippen LogP contribution < -0.4 is 9.80 Å². The predicted molar refractivity (Wildman–Crippen MR) is 178 cm³/mol. The Labute approximate surface area is 249 Å². The van der Waals surface area contributed by atoms with Crippen molar-refractivity contribution in [1.82, 2.24) is 0 Å². The molecule has 1 aliphatic heterocycles. The molecule has 2 nitrogen and oxygen atoms in total. The Morgan fingerprint density at radius 3 is 1.64 bits per heavy atom. The third kappa shape index (κ3) is 4.46. The zero-order chi connectivity index (χ0) is 28.7. The number of nitrogens with zero attached hydrogens (tertiary/aromatic N) is 2. The maximum Gasteiger partial charge on any atom is 0.0503 e. The van der Waals surface area contributed by atoms with Crippen LogP contribution in [0.25, 0.3) is 11.1 Å². The number of fused-ring (bicyclic) bond motifs is 2. The molecule has 0 saturated carbocycles. The molecule has 7 rings (SSSR count). The van der Waals surface area contributed by atoms with Crippen molar-refractivity contribution in [1.29, 1.82) is 0 Å². The number of hydrogen-bond donors (Lipinski definition) is 0. The molecular formula is C40H34N2. The van der Waals surface area contributed by atoms with E-state index in [1.807, 2.05) is 0 Å². The number of aryl methyl sites for hydroxylation is 1. The summed E-state index contributed by atoms with van der Waals surface area (Å²) < 4.78 is 0. The Morgan fingerprint density at radius 1 is 0.476 bits per heavy atom. The standard InChI is InChI=1S/C40H34N2/c1-29-18-23-35(24-19-29)42-38-17-11-10-16-36(38)40(2,3)37-28-31(22-27-39(37)42)30-20-25-34(26-21-30)41(32-12-6-4-7-13-32)33-14-8-5-9-15-33/h4-28H,1-3H3. The molecule has 0 bridgehead atoms. The molecule has 0 saturated heterocycles. The molecule has 0 radical (unpaired) electrons. The van der Waals surface area contributed by atoms with Gasteiger partial charge in [-0.2, -0.15) is 0 Å². The molecule has 0 N–H and O–H groups in total. The van der Waals surface area contributed by atoms with Gasteiger partial charge in [-0.3, -0.25) is 0 Å². The van der Waals surface area contributed by atoms with Crippen LogP contribution in [0.5, 0.6) is 0 Å². The van der Waals surface area contributed by atoms with E-state index in [1.165, 1.54) is 44.9 Å². The maximum absolute atomic E-state index is 2.42. The van der Waals surface area contributed by atoms with Crippen molar-refractivity contribution in [2.75, 3.05) is 9.80 Å². The molecule has 1 aliphatic rings. The summed E-state index contributed by atoms with van der Waals surface area (Å²) in [6, 6.07) is 54.7. The van der Waals surface area contributed by atoms with Crippen LogP contribution in [0, 0.1) is 6.92 Å². The summed E-state index contributed by atoms with van der Waals surface area (Å²) in [5, 5.41) is 0. The Kier molecular flexibility index (Phi) is 6.40. The van der Waals surface area contributed by atoms with Crippen molar-refractivity contribution in [3.8, 4) is 11.1 Å². The van der Waals surface area contributed by atoms with Gasteiger partial charge in [-0.15, -0.1) is 0 Å². The lowest BCUT2D eigenvalue weighted by molar-refractivity contribution is 0.632. The normalized spacial score (nSPS) is 13.3. The predicted octanol–water partition coefficient (Wildman–Crippen LogP) is 11.2. The minimum absolute atomic E-state index is 0.138. The highest BCUT2D eigenvalue weighted by Crippen LogP contribution is 2.52. The molecule has 6 aromatic rings. The smallest absolute Gasteiger partial charge is 0.0503 e. The summed E-state index contributed by atoms with van der Waals surface area (Å²) in [6.07, 6.45) is 0. The van der Waals surface area contributed by atoms with Crippen LogP contribution in [0.3, 0.4) is 0 Å². The molecule has 42 heavy (non-hydrogen) atoms. The van der Waals surface area contributed by atoms with E-state index in [0.29, 0.717) is 0 Å². The number of anilines is 6. The van der Waals surface area contributed by atoms with Crippen molar-refractivity contribution in [2.45, 2.75) is 26.2 Å². The first-order valence-electron chi connectivity index (χ1n) is 14.6. The van der Waals surface area contributed by atoms with E-state index >= 15 is 0 Å². The third-order valence-corrected chi connectivity index (χ3v) is 8.51. The fourth-order valence-electron chi connectivity index (χ4n) is 6.26. The van der Waals surface area contributed by atoms with Gasteiger partial charge in [0.05, 0.1) is 11.4 Å². The van der Waals surface area contributed by atoms with Crippen molar-refractivity contribution in [3.05, 3.63) is 168 Å². The summed E-state index contributed by atoms with van der Waals surface area (Å²) in [7, 11) is 0. The third-order valence-electron chi connectivity index (χ3n) is 8.51.